The highest BCUT2D eigenvalue weighted by Gasteiger charge is 2.35. The van der Waals surface area contributed by atoms with Gasteiger partial charge in [-0.2, -0.15) is 5.26 Å². The average molecular weight is 401 g/mol. The van der Waals surface area contributed by atoms with Gasteiger partial charge in [0.05, 0.1) is 23.8 Å². The Labute approximate surface area is 173 Å². The van der Waals surface area contributed by atoms with Gasteiger partial charge >= 0.3 is 6.09 Å². The fourth-order valence-electron chi connectivity index (χ4n) is 4.22. The number of hydrogen-bond donors (Lipinski definition) is 1. The molecular weight excluding hydrogens is 368 g/mol. The molecule has 2 aliphatic rings. The summed E-state index contributed by atoms with van der Waals surface area (Å²) in [5.74, 6) is 0. The fourth-order valence-corrected chi connectivity index (χ4v) is 4.22. The van der Waals surface area contributed by atoms with E-state index in [1.165, 1.54) is 10.5 Å². The molecule has 1 amide bonds. The largest absolute Gasteiger partial charge is 0.465 e. The quantitative estimate of drug-likeness (QED) is 0.789. The normalized spacial score (nSPS) is 22.8. The molecule has 2 fully saturated rings. The lowest BCUT2D eigenvalue weighted by Crippen LogP contribution is -2.60. The maximum absolute atomic E-state index is 11.5. The molecule has 1 aromatic rings. The Balaban J connectivity index is 1.47. The van der Waals surface area contributed by atoms with Crippen molar-refractivity contribution in [1.82, 2.24) is 14.7 Å². The highest BCUT2D eigenvalue weighted by molar-refractivity contribution is 5.65. The molecule has 2 aliphatic heterocycles. The van der Waals surface area contributed by atoms with Gasteiger partial charge in [0, 0.05) is 51.4 Å². The van der Waals surface area contributed by atoms with Crippen molar-refractivity contribution in [1.29, 1.82) is 5.26 Å². The van der Waals surface area contributed by atoms with E-state index < -0.39 is 11.6 Å². The van der Waals surface area contributed by atoms with E-state index in [1.54, 1.807) is 0 Å². The first-order valence-electron chi connectivity index (χ1n) is 10.3. The molecule has 3 rings (SSSR count). The van der Waals surface area contributed by atoms with Crippen molar-refractivity contribution in [2.24, 2.45) is 0 Å². The summed E-state index contributed by atoms with van der Waals surface area (Å²) in [6.45, 7) is 11.5. The summed E-state index contributed by atoms with van der Waals surface area (Å²) in [7, 11) is 0. The Morgan fingerprint density at radius 2 is 1.69 bits per heavy atom. The number of nitrogens with zero attached hydrogens (tertiary/aromatic N) is 4. The second-order valence-electron chi connectivity index (χ2n) is 9.06. The van der Waals surface area contributed by atoms with Gasteiger partial charge in [-0.25, -0.2) is 4.79 Å². The summed E-state index contributed by atoms with van der Waals surface area (Å²) in [6, 6.07) is 9.97. The summed E-state index contributed by atoms with van der Waals surface area (Å²) in [5, 5.41) is 18.4. The molecule has 7 nitrogen and oxygen atoms in total. The summed E-state index contributed by atoms with van der Waals surface area (Å²) < 4.78 is 6.14. The van der Waals surface area contributed by atoms with Gasteiger partial charge in [-0.3, -0.25) is 9.80 Å². The summed E-state index contributed by atoms with van der Waals surface area (Å²) in [6.07, 6.45) is 0.460. The fraction of sp³-hybridized carbons (Fsp3) is 0.636. The van der Waals surface area contributed by atoms with Gasteiger partial charge in [0.2, 0.25) is 0 Å². The molecule has 2 unspecified atom stereocenters. The Kier molecular flexibility index (Phi) is 6.78. The van der Waals surface area contributed by atoms with Gasteiger partial charge in [-0.1, -0.05) is 12.1 Å². The lowest BCUT2D eigenvalue weighted by atomic mass is 10.1. The number of morpholine rings is 2. The number of rotatable bonds is 6. The van der Waals surface area contributed by atoms with Gasteiger partial charge in [-0.05, 0) is 44.9 Å². The van der Waals surface area contributed by atoms with Gasteiger partial charge in [0.25, 0.3) is 0 Å². The Hall–Kier alpha value is -2.14. The number of carbonyl (C=O) groups is 1. The van der Waals surface area contributed by atoms with Crippen LogP contribution in [0.3, 0.4) is 0 Å². The lowest BCUT2D eigenvalue weighted by Gasteiger charge is -2.46. The molecule has 2 heterocycles. The summed E-state index contributed by atoms with van der Waals surface area (Å²) >= 11 is 0. The number of benzene rings is 1. The Bertz CT molecular complexity index is 724. The minimum Gasteiger partial charge on any atom is -0.465 e. The number of carboxylic acid groups (broad SMARTS) is 1. The van der Waals surface area contributed by atoms with E-state index in [9.17, 15) is 9.90 Å². The Morgan fingerprint density at radius 3 is 2.17 bits per heavy atom. The van der Waals surface area contributed by atoms with Gasteiger partial charge in [0.1, 0.15) is 0 Å². The van der Waals surface area contributed by atoms with E-state index in [2.05, 4.69) is 15.9 Å². The zero-order valence-electron chi connectivity index (χ0n) is 17.7. The van der Waals surface area contributed by atoms with Crippen molar-refractivity contribution in [3.05, 3.63) is 35.4 Å². The van der Waals surface area contributed by atoms with Crippen LogP contribution in [-0.2, 0) is 11.2 Å². The van der Waals surface area contributed by atoms with Crippen LogP contribution >= 0.6 is 0 Å². The highest BCUT2D eigenvalue weighted by atomic mass is 16.5. The molecule has 2 saturated heterocycles. The monoisotopic (exact) mass is 400 g/mol. The summed E-state index contributed by atoms with van der Waals surface area (Å²) in [4.78, 5) is 17.9. The molecule has 2 bridgehead atoms. The maximum atomic E-state index is 11.5. The molecule has 7 heteroatoms. The molecule has 0 aromatic heterocycles. The third kappa shape index (κ3) is 5.92. The van der Waals surface area contributed by atoms with Crippen LogP contribution in [-0.4, -0.2) is 89.5 Å². The van der Waals surface area contributed by atoms with Crippen molar-refractivity contribution in [2.75, 3.05) is 45.8 Å². The van der Waals surface area contributed by atoms with Crippen LogP contribution in [0.15, 0.2) is 24.3 Å². The molecule has 29 heavy (non-hydrogen) atoms. The highest BCUT2D eigenvalue weighted by Crippen LogP contribution is 2.20. The molecule has 0 spiro atoms. The first kappa shape index (κ1) is 21.6. The summed E-state index contributed by atoms with van der Waals surface area (Å²) in [5.41, 5.74) is 1.55. The van der Waals surface area contributed by atoms with Crippen LogP contribution in [0.4, 0.5) is 4.79 Å². The van der Waals surface area contributed by atoms with Crippen molar-refractivity contribution in [3.63, 3.8) is 0 Å². The third-order valence-electron chi connectivity index (χ3n) is 5.71. The lowest BCUT2D eigenvalue weighted by molar-refractivity contribution is -0.138. The topological polar surface area (TPSA) is 80.0 Å². The number of fused-ring (bicyclic) bond motifs is 2. The second-order valence-corrected chi connectivity index (χ2v) is 9.06. The smallest absolute Gasteiger partial charge is 0.407 e. The zero-order valence-corrected chi connectivity index (χ0v) is 17.7. The van der Waals surface area contributed by atoms with Crippen LogP contribution in [0, 0.1) is 11.3 Å². The minimum atomic E-state index is -0.861. The predicted molar refractivity (Wildman–Crippen MR) is 111 cm³/mol. The van der Waals surface area contributed by atoms with Crippen molar-refractivity contribution in [2.45, 2.75) is 44.9 Å². The molecule has 1 aromatic carbocycles. The van der Waals surface area contributed by atoms with Crippen LogP contribution in [0.1, 0.15) is 31.9 Å². The Morgan fingerprint density at radius 1 is 1.14 bits per heavy atom. The van der Waals surface area contributed by atoms with Crippen molar-refractivity contribution in [3.8, 4) is 6.07 Å². The van der Waals surface area contributed by atoms with Gasteiger partial charge < -0.3 is 14.7 Å². The van der Waals surface area contributed by atoms with Gasteiger partial charge in [-0.15, -0.1) is 0 Å². The molecule has 0 radical (unpaired) electrons. The number of amides is 1. The number of hydrogen-bond acceptors (Lipinski definition) is 5. The van der Waals surface area contributed by atoms with Crippen molar-refractivity contribution >= 4 is 6.09 Å². The average Bonchev–Trinajstić information content (AvgIpc) is 2.65. The predicted octanol–water partition coefficient (Wildman–Crippen LogP) is 2.26. The molecule has 2 atom stereocenters. The van der Waals surface area contributed by atoms with Gasteiger partial charge in [0.15, 0.2) is 0 Å². The molecule has 0 saturated carbocycles. The van der Waals surface area contributed by atoms with E-state index in [0.717, 1.165) is 45.7 Å². The van der Waals surface area contributed by atoms with Crippen LogP contribution in [0.2, 0.25) is 0 Å². The zero-order chi connectivity index (χ0) is 21.0. The minimum absolute atomic E-state index is 0.177. The van der Waals surface area contributed by atoms with Crippen molar-refractivity contribution < 1.29 is 14.6 Å². The number of ether oxygens (including phenoxy) is 1. The first-order valence-corrected chi connectivity index (χ1v) is 10.3. The maximum Gasteiger partial charge on any atom is 0.407 e. The molecule has 0 aliphatic carbocycles. The van der Waals surface area contributed by atoms with E-state index >= 15 is 0 Å². The third-order valence-corrected chi connectivity index (χ3v) is 5.71. The van der Waals surface area contributed by atoms with Crippen LogP contribution in [0.5, 0.6) is 0 Å². The second kappa shape index (κ2) is 9.12. The van der Waals surface area contributed by atoms with E-state index in [0.29, 0.717) is 12.1 Å². The van der Waals surface area contributed by atoms with E-state index in [1.807, 2.05) is 45.0 Å². The van der Waals surface area contributed by atoms with Crippen LogP contribution < -0.4 is 0 Å². The first-order chi connectivity index (χ1) is 13.7. The molecule has 158 valence electrons. The standard InChI is InChI=1S/C22H32N4O3/c1-22(2,3)26(21(27)28)11-10-25-15-19-13-24(14-20(16-25)29-19)9-8-17-4-6-18(12-23)7-5-17/h4-7,19-20H,8-11,13-16H2,1-3H3,(H,27,28). The van der Waals surface area contributed by atoms with E-state index in [-0.39, 0.29) is 12.2 Å². The molecule has 1 N–H and O–H groups in total. The molecular formula is C22H32N4O3. The number of nitriles is 1. The van der Waals surface area contributed by atoms with E-state index in [4.69, 9.17) is 10.00 Å². The SMILES string of the molecule is CC(C)(C)N(CCN1CC2CN(CCc3ccc(C#N)cc3)CC(C1)O2)C(=O)O. The van der Waals surface area contributed by atoms with Crippen LogP contribution in [0.25, 0.3) is 0 Å².